The van der Waals surface area contributed by atoms with Crippen molar-refractivity contribution in [2.75, 3.05) is 5.73 Å². The van der Waals surface area contributed by atoms with E-state index in [1.54, 1.807) is 0 Å². The van der Waals surface area contributed by atoms with Crippen LogP contribution in [0, 0.1) is 5.82 Å². The minimum absolute atomic E-state index is 0.262. The van der Waals surface area contributed by atoms with E-state index in [0.29, 0.717) is 16.3 Å². The Labute approximate surface area is 125 Å². The Kier molecular flexibility index (Phi) is 4.65. The van der Waals surface area contributed by atoms with Crippen LogP contribution >= 0.6 is 15.9 Å². The number of halogens is 2. The van der Waals surface area contributed by atoms with Crippen LogP contribution in [0.2, 0.25) is 0 Å². The summed E-state index contributed by atoms with van der Waals surface area (Å²) in [7, 11) is 0. The minimum Gasteiger partial charge on any atom is -0.484 e. The van der Waals surface area contributed by atoms with Gasteiger partial charge in [-0.15, -0.1) is 0 Å². The fourth-order valence-electron chi connectivity index (χ4n) is 1.77. The van der Waals surface area contributed by atoms with Crippen molar-refractivity contribution in [3.05, 3.63) is 40.4 Å². The Balaban J connectivity index is 2.07. The Morgan fingerprint density at radius 2 is 2.25 bits per heavy atom. The van der Waals surface area contributed by atoms with Gasteiger partial charge in [0, 0.05) is 18.3 Å². The Bertz CT molecular complexity index is 577. The lowest BCUT2D eigenvalue weighted by Crippen LogP contribution is -2.06. The highest BCUT2D eigenvalue weighted by Crippen LogP contribution is 2.32. The molecule has 2 N–H and O–H groups in total. The number of ether oxygens (including phenoxy) is 1. The second kappa shape index (κ2) is 6.26. The van der Waals surface area contributed by atoms with E-state index in [2.05, 4.69) is 34.9 Å². The number of hydrogen-bond acceptors (Lipinski definition) is 3. The average Bonchev–Trinajstić information content (AvgIpc) is 2.85. The molecule has 0 fully saturated rings. The van der Waals surface area contributed by atoms with Gasteiger partial charge >= 0.3 is 0 Å². The van der Waals surface area contributed by atoms with Gasteiger partial charge in [0.05, 0.1) is 15.9 Å². The number of nitrogens with zero attached hydrogens (tertiary/aromatic N) is 2. The fraction of sp³-hybridized carbons (Fsp3) is 0.357. The molecule has 108 valence electrons. The molecule has 1 aromatic heterocycles. The Morgan fingerprint density at radius 3 is 2.90 bits per heavy atom. The fourth-order valence-corrected chi connectivity index (χ4v) is 2.33. The smallest absolute Gasteiger partial charge is 0.157 e. The third-order valence-electron chi connectivity index (χ3n) is 3.11. The molecule has 1 unspecified atom stereocenters. The Hall–Kier alpha value is -1.56. The van der Waals surface area contributed by atoms with Crippen molar-refractivity contribution in [1.29, 1.82) is 0 Å². The maximum absolute atomic E-state index is 13.1. The van der Waals surface area contributed by atoms with Gasteiger partial charge in [-0.3, -0.25) is 4.68 Å². The predicted octanol–water partition coefficient (Wildman–Crippen LogP) is 3.92. The van der Waals surface area contributed by atoms with Gasteiger partial charge < -0.3 is 10.5 Å². The van der Waals surface area contributed by atoms with Crippen LogP contribution in [-0.4, -0.2) is 9.78 Å². The molecule has 0 amide bonds. The van der Waals surface area contributed by atoms with Crippen LogP contribution < -0.4 is 10.5 Å². The van der Waals surface area contributed by atoms with Crippen molar-refractivity contribution >= 4 is 21.6 Å². The van der Waals surface area contributed by atoms with Crippen LogP contribution in [0.1, 0.15) is 32.0 Å². The summed E-state index contributed by atoms with van der Waals surface area (Å²) in [6, 6.07) is 4.81. The molecule has 0 saturated heterocycles. The van der Waals surface area contributed by atoms with E-state index in [9.17, 15) is 4.39 Å². The predicted molar refractivity (Wildman–Crippen MR) is 80.1 cm³/mol. The molecule has 0 aliphatic rings. The van der Waals surface area contributed by atoms with Gasteiger partial charge in [0.25, 0.3) is 0 Å². The third kappa shape index (κ3) is 3.30. The van der Waals surface area contributed by atoms with Crippen LogP contribution in [-0.2, 0) is 6.61 Å². The van der Waals surface area contributed by atoms with Crippen molar-refractivity contribution in [3.8, 4) is 5.75 Å². The molecule has 1 aromatic carbocycles. The first-order chi connectivity index (χ1) is 9.51. The van der Waals surface area contributed by atoms with Gasteiger partial charge in [-0.2, -0.15) is 5.10 Å². The summed E-state index contributed by atoms with van der Waals surface area (Å²) in [5, 5.41) is 4.43. The van der Waals surface area contributed by atoms with Crippen LogP contribution in [0.15, 0.2) is 28.9 Å². The van der Waals surface area contributed by atoms with Crippen LogP contribution in [0.3, 0.4) is 0 Å². The molecule has 1 atom stereocenters. The number of aromatic nitrogens is 2. The van der Waals surface area contributed by atoms with E-state index < -0.39 is 5.82 Å². The van der Waals surface area contributed by atoms with Crippen LogP contribution in [0.4, 0.5) is 10.1 Å². The molecule has 0 bridgehead atoms. The molecule has 0 saturated carbocycles. The summed E-state index contributed by atoms with van der Waals surface area (Å²) in [4.78, 5) is 0. The zero-order valence-electron chi connectivity index (χ0n) is 11.4. The minimum atomic E-state index is -0.400. The maximum atomic E-state index is 13.1. The van der Waals surface area contributed by atoms with E-state index >= 15 is 0 Å². The van der Waals surface area contributed by atoms with Crippen molar-refractivity contribution in [2.45, 2.75) is 32.9 Å². The molecular formula is C14H17BrFN3O. The molecule has 1 heterocycles. The van der Waals surface area contributed by atoms with Crippen molar-refractivity contribution in [1.82, 2.24) is 9.78 Å². The summed E-state index contributed by atoms with van der Waals surface area (Å²) in [5.74, 6) is 0.0345. The summed E-state index contributed by atoms with van der Waals surface area (Å²) in [5.41, 5.74) is 6.81. The largest absolute Gasteiger partial charge is 0.484 e. The van der Waals surface area contributed by atoms with Gasteiger partial charge in [0.1, 0.15) is 12.4 Å². The van der Waals surface area contributed by atoms with Gasteiger partial charge in [0.15, 0.2) is 5.75 Å². The maximum Gasteiger partial charge on any atom is 0.157 e. The van der Waals surface area contributed by atoms with Crippen molar-refractivity contribution in [3.63, 3.8) is 0 Å². The second-order valence-electron chi connectivity index (χ2n) is 4.64. The molecule has 0 radical (unpaired) electrons. The third-order valence-corrected chi connectivity index (χ3v) is 3.70. The first-order valence-corrected chi connectivity index (χ1v) is 7.22. The highest BCUT2D eigenvalue weighted by molar-refractivity contribution is 9.10. The molecule has 20 heavy (non-hydrogen) atoms. The topological polar surface area (TPSA) is 53.1 Å². The normalized spacial score (nSPS) is 12.4. The molecule has 6 heteroatoms. The molecule has 2 rings (SSSR count). The standard InChI is InChI=1S/C14H17BrFN3O/c1-3-9(2)19-5-4-11(18-19)8-20-14-12(15)6-10(16)7-13(14)17/h4-7,9H,3,8,17H2,1-2H3. The number of nitrogens with two attached hydrogens (primary N) is 1. The number of benzene rings is 1. The molecule has 4 nitrogen and oxygen atoms in total. The first-order valence-electron chi connectivity index (χ1n) is 6.42. The molecule has 0 aliphatic carbocycles. The monoisotopic (exact) mass is 341 g/mol. The molecule has 2 aromatic rings. The van der Waals surface area contributed by atoms with Crippen LogP contribution in [0.5, 0.6) is 5.75 Å². The average molecular weight is 342 g/mol. The van der Waals surface area contributed by atoms with E-state index in [1.807, 2.05) is 16.9 Å². The highest BCUT2D eigenvalue weighted by atomic mass is 79.9. The number of nitrogen functional groups attached to an aromatic ring is 1. The summed E-state index contributed by atoms with van der Waals surface area (Å²) < 4.78 is 21.1. The molecule has 0 spiro atoms. The lowest BCUT2D eigenvalue weighted by molar-refractivity contribution is 0.297. The van der Waals surface area contributed by atoms with Crippen LogP contribution in [0.25, 0.3) is 0 Å². The first kappa shape index (κ1) is 14.8. The quantitative estimate of drug-likeness (QED) is 0.838. The van der Waals surface area contributed by atoms with Crippen molar-refractivity contribution in [2.24, 2.45) is 0 Å². The van der Waals surface area contributed by atoms with E-state index in [-0.39, 0.29) is 12.3 Å². The number of anilines is 1. The number of hydrogen-bond donors (Lipinski definition) is 1. The van der Waals surface area contributed by atoms with Gasteiger partial charge in [-0.1, -0.05) is 6.92 Å². The summed E-state index contributed by atoms with van der Waals surface area (Å²) in [6.07, 6.45) is 2.94. The summed E-state index contributed by atoms with van der Waals surface area (Å²) >= 11 is 3.24. The van der Waals surface area contributed by atoms with E-state index in [1.165, 1.54) is 12.1 Å². The zero-order chi connectivity index (χ0) is 14.7. The SMILES string of the molecule is CCC(C)n1ccc(COc2c(N)cc(F)cc2Br)n1. The van der Waals surface area contributed by atoms with E-state index in [4.69, 9.17) is 10.5 Å². The van der Waals surface area contributed by atoms with E-state index in [0.717, 1.165) is 12.1 Å². The lowest BCUT2D eigenvalue weighted by Gasteiger charge is -2.10. The van der Waals surface area contributed by atoms with Gasteiger partial charge in [-0.25, -0.2) is 4.39 Å². The Morgan fingerprint density at radius 1 is 1.50 bits per heavy atom. The van der Waals surface area contributed by atoms with Crippen molar-refractivity contribution < 1.29 is 9.13 Å². The van der Waals surface area contributed by atoms with Gasteiger partial charge in [-0.05, 0) is 41.4 Å². The van der Waals surface area contributed by atoms with Gasteiger partial charge in [0.2, 0.25) is 0 Å². The molecule has 0 aliphatic heterocycles. The number of rotatable bonds is 5. The second-order valence-corrected chi connectivity index (χ2v) is 5.49. The zero-order valence-corrected chi connectivity index (χ0v) is 13.0. The summed E-state index contributed by atoms with van der Waals surface area (Å²) in [6.45, 7) is 4.50. The molecular weight excluding hydrogens is 325 g/mol. The lowest BCUT2D eigenvalue weighted by atomic mass is 10.3. The highest BCUT2D eigenvalue weighted by Gasteiger charge is 2.10.